The molecule has 0 unspecified atom stereocenters. The largest absolute Gasteiger partial charge is 0.481 e. The number of rotatable bonds is 2. The van der Waals surface area contributed by atoms with Gasteiger partial charge in [-0.15, -0.1) is 0 Å². The fraction of sp³-hybridized carbons (Fsp3) is 0.500. The van der Waals surface area contributed by atoms with Crippen LogP contribution in [0.1, 0.15) is 40.7 Å². The SMILES string of the molecule is O=C(O)C1CCN(C(=O)c2cccc3c2CCC3)CC1. The van der Waals surface area contributed by atoms with Crippen molar-refractivity contribution in [2.24, 2.45) is 5.92 Å². The zero-order chi connectivity index (χ0) is 14.1. The number of likely N-dealkylation sites (tertiary alicyclic amines) is 1. The van der Waals surface area contributed by atoms with Crippen LogP contribution >= 0.6 is 0 Å². The van der Waals surface area contributed by atoms with E-state index in [2.05, 4.69) is 6.07 Å². The van der Waals surface area contributed by atoms with Gasteiger partial charge in [-0.2, -0.15) is 0 Å². The highest BCUT2D eigenvalue weighted by molar-refractivity contribution is 5.96. The van der Waals surface area contributed by atoms with Gasteiger partial charge in [-0.05, 0) is 49.3 Å². The average molecular weight is 273 g/mol. The first-order chi connectivity index (χ1) is 9.66. The van der Waals surface area contributed by atoms with Crippen LogP contribution in [0.5, 0.6) is 0 Å². The first-order valence-corrected chi connectivity index (χ1v) is 7.29. The minimum absolute atomic E-state index is 0.0765. The highest BCUT2D eigenvalue weighted by Gasteiger charge is 2.29. The summed E-state index contributed by atoms with van der Waals surface area (Å²) in [6.45, 7) is 1.11. The second-order valence-corrected chi connectivity index (χ2v) is 5.70. The molecule has 1 aromatic carbocycles. The number of hydrogen-bond acceptors (Lipinski definition) is 2. The quantitative estimate of drug-likeness (QED) is 0.898. The summed E-state index contributed by atoms with van der Waals surface area (Å²) in [4.78, 5) is 25.4. The smallest absolute Gasteiger partial charge is 0.306 e. The topological polar surface area (TPSA) is 57.6 Å². The van der Waals surface area contributed by atoms with E-state index in [9.17, 15) is 9.59 Å². The lowest BCUT2D eigenvalue weighted by atomic mass is 9.95. The summed E-state index contributed by atoms with van der Waals surface area (Å²) in [6.07, 6.45) is 4.31. The van der Waals surface area contributed by atoms with Crippen molar-refractivity contribution in [1.29, 1.82) is 0 Å². The number of carboxylic acids is 1. The van der Waals surface area contributed by atoms with Crippen molar-refractivity contribution in [2.45, 2.75) is 32.1 Å². The van der Waals surface area contributed by atoms with Gasteiger partial charge in [0, 0.05) is 18.7 Å². The molecule has 1 aliphatic heterocycles. The molecular weight excluding hydrogens is 254 g/mol. The molecule has 1 saturated heterocycles. The van der Waals surface area contributed by atoms with Crippen molar-refractivity contribution in [2.75, 3.05) is 13.1 Å². The maximum absolute atomic E-state index is 12.6. The molecule has 0 bridgehead atoms. The zero-order valence-electron chi connectivity index (χ0n) is 11.5. The van der Waals surface area contributed by atoms with Gasteiger partial charge in [-0.25, -0.2) is 0 Å². The lowest BCUT2D eigenvalue weighted by Crippen LogP contribution is -2.40. The number of benzene rings is 1. The minimum Gasteiger partial charge on any atom is -0.481 e. The van der Waals surface area contributed by atoms with Crippen LogP contribution in [0.15, 0.2) is 18.2 Å². The van der Waals surface area contributed by atoms with Crippen molar-refractivity contribution in [3.63, 3.8) is 0 Å². The van der Waals surface area contributed by atoms with Crippen molar-refractivity contribution in [3.8, 4) is 0 Å². The maximum Gasteiger partial charge on any atom is 0.306 e. The molecule has 3 rings (SSSR count). The number of hydrogen-bond donors (Lipinski definition) is 1. The molecule has 1 heterocycles. The van der Waals surface area contributed by atoms with Crippen LogP contribution in [-0.2, 0) is 17.6 Å². The molecule has 2 aliphatic rings. The lowest BCUT2D eigenvalue weighted by molar-refractivity contribution is -0.143. The summed E-state index contributed by atoms with van der Waals surface area (Å²) in [5.74, 6) is -0.953. The number of aryl methyl sites for hydroxylation is 1. The molecule has 1 N–H and O–H groups in total. The third-order valence-corrected chi connectivity index (χ3v) is 4.51. The van der Waals surface area contributed by atoms with Crippen LogP contribution in [0.2, 0.25) is 0 Å². The number of carboxylic acid groups (broad SMARTS) is 1. The summed E-state index contributed by atoms with van der Waals surface area (Å²) < 4.78 is 0. The predicted molar refractivity (Wildman–Crippen MR) is 74.7 cm³/mol. The van der Waals surface area contributed by atoms with Gasteiger partial charge < -0.3 is 10.0 Å². The molecular formula is C16H19NO3. The van der Waals surface area contributed by atoms with Gasteiger partial charge in [0.1, 0.15) is 0 Å². The summed E-state index contributed by atoms with van der Waals surface area (Å²) in [7, 11) is 0. The molecule has 1 aliphatic carbocycles. The molecule has 0 aromatic heterocycles. The lowest BCUT2D eigenvalue weighted by Gasteiger charge is -2.30. The highest BCUT2D eigenvalue weighted by Crippen LogP contribution is 2.27. The Hall–Kier alpha value is -1.84. The van der Waals surface area contributed by atoms with Crippen LogP contribution in [-0.4, -0.2) is 35.0 Å². The second-order valence-electron chi connectivity index (χ2n) is 5.70. The van der Waals surface area contributed by atoms with Crippen LogP contribution in [0.25, 0.3) is 0 Å². The van der Waals surface area contributed by atoms with Crippen LogP contribution in [0.4, 0.5) is 0 Å². The first-order valence-electron chi connectivity index (χ1n) is 7.29. The Balaban J connectivity index is 1.75. The molecule has 0 radical (unpaired) electrons. The van der Waals surface area contributed by atoms with Crippen molar-refractivity contribution in [3.05, 3.63) is 34.9 Å². The standard InChI is InChI=1S/C16H19NO3/c18-15(17-9-7-12(8-10-17)16(19)20)14-6-2-4-11-3-1-5-13(11)14/h2,4,6,12H,1,3,5,7-10H2,(H,19,20). The normalized spacial score (nSPS) is 18.9. The van der Waals surface area contributed by atoms with Gasteiger partial charge in [0.25, 0.3) is 5.91 Å². The second kappa shape index (κ2) is 5.27. The van der Waals surface area contributed by atoms with Gasteiger partial charge in [0.05, 0.1) is 5.92 Å². The fourth-order valence-electron chi connectivity index (χ4n) is 3.32. The monoisotopic (exact) mass is 273 g/mol. The number of fused-ring (bicyclic) bond motifs is 1. The Bertz CT molecular complexity index is 545. The molecule has 20 heavy (non-hydrogen) atoms. The van der Waals surface area contributed by atoms with Crippen molar-refractivity contribution < 1.29 is 14.7 Å². The third-order valence-electron chi connectivity index (χ3n) is 4.51. The van der Waals surface area contributed by atoms with E-state index < -0.39 is 5.97 Å². The predicted octanol–water partition coefficient (Wildman–Crippen LogP) is 2.11. The van der Waals surface area contributed by atoms with Crippen LogP contribution < -0.4 is 0 Å². The van der Waals surface area contributed by atoms with Crippen LogP contribution in [0, 0.1) is 5.92 Å². The maximum atomic E-state index is 12.6. The molecule has 106 valence electrons. The van der Waals surface area contributed by atoms with E-state index >= 15 is 0 Å². The first kappa shape index (κ1) is 13.2. The molecule has 1 amide bonds. The van der Waals surface area contributed by atoms with Gasteiger partial charge in [0.15, 0.2) is 0 Å². The van der Waals surface area contributed by atoms with E-state index in [1.807, 2.05) is 17.0 Å². The Morgan fingerprint density at radius 3 is 2.60 bits per heavy atom. The van der Waals surface area contributed by atoms with Gasteiger partial charge in [0.2, 0.25) is 0 Å². The summed E-state index contributed by atoms with van der Waals surface area (Å²) >= 11 is 0. The van der Waals surface area contributed by atoms with E-state index in [0.717, 1.165) is 24.8 Å². The van der Waals surface area contributed by atoms with Gasteiger partial charge in [-0.1, -0.05) is 12.1 Å². The molecule has 0 atom stereocenters. The number of carbonyl (C=O) groups excluding carboxylic acids is 1. The van der Waals surface area contributed by atoms with E-state index in [1.54, 1.807) is 0 Å². The van der Waals surface area contributed by atoms with Crippen molar-refractivity contribution >= 4 is 11.9 Å². The zero-order valence-corrected chi connectivity index (χ0v) is 11.5. The molecule has 0 spiro atoms. The number of nitrogens with zero attached hydrogens (tertiary/aromatic N) is 1. The van der Waals surface area contributed by atoms with E-state index in [1.165, 1.54) is 11.1 Å². The minimum atomic E-state index is -0.738. The molecule has 4 nitrogen and oxygen atoms in total. The molecule has 0 saturated carbocycles. The number of piperidine rings is 1. The summed E-state index contributed by atoms with van der Waals surface area (Å²) in [5, 5.41) is 9.00. The number of aliphatic carboxylic acids is 1. The average Bonchev–Trinajstić information content (AvgIpc) is 2.95. The van der Waals surface area contributed by atoms with E-state index in [0.29, 0.717) is 25.9 Å². The van der Waals surface area contributed by atoms with Gasteiger partial charge >= 0.3 is 5.97 Å². The van der Waals surface area contributed by atoms with E-state index in [-0.39, 0.29) is 11.8 Å². The Morgan fingerprint density at radius 1 is 1.15 bits per heavy atom. The number of carbonyl (C=O) groups is 2. The fourth-order valence-corrected chi connectivity index (χ4v) is 3.32. The summed E-state index contributed by atoms with van der Waals surface area (Å²) in [6, 6.07) is 5.98. The van der Waals surface area contributed by atoms with Crippen LogP contribution in [0.3, 0.4) is 0 Å². The Kier molecular flexibility index (Phi) is 3.47. The number of amides is 1. The van der Waals surface area contributed by atoms with Crippen molar-refractivity contribution in [1.82, 2.24) is 4.90 Å². The molecule has 4 heteroatoms. The Labute approximate surface area is 118 Å². The molecule has 1 aromatic rings. The highest BCUT2D eigenvalue weighted by atomic mass is 16.4. The summed E-state index contributed by atoms with van der Waals surface area (Å²) in [5.41, 5.74) is 3.34. The van der Waals surface area contributed by atoms with Gasteiger partial charge in [-0.3, -0.25) is 9.59 Å². The van der Waals surface area contributed by atoms with E-state index in [4.69, 9.17) is 5.11 Å². The Morgan fingerprint density at radius 2 is 1.90 bits per heavy atom. The molecule has 1 fully saturated rings. The third kappa shape index (κ3) is 2.30.